The van der Waals surface area contributed by atoms with Crippen LogP contribution in [0.2, 0.25) is 0 Å². The fourth-order valence-electron chi connectivity index (χ4n) is 2.11. The van der Waals surface area contributed by atoms with Gasteiger partial charge < -0.3 is 5.11 Å². The van der Waals surface area contributed by atoms with E-state index in [0.29, 0.717) is 23.4 Å². The zero-order valence-electron chi connectivity index (χ0n) is 11.6. The molecule has 0 radical (unpaired) electrons. The highest BCUT2D eigenvalue weighted by atomic mass is 16.6. The van der Waals surface area contributed by atoms with Gasteiger partial charge in [0.25, 0.3) is 5.69 Å². The van der Waals surface area contributed by atoms with Gasteiger partial charge in [-0.25, -0.2) is 9.48 Å². The van der Waals surface area contributed by atoms with E-state index in [-0.39, 0.29) is 11.4 Å². The molecule has 1 aromatic heterocycles. The molecule has 0 amide bonds. The predicted molar refractivity (Wildman–Crippen MR) is 73.7 cm³/mol. The van der Waals surface area contributed by atoms with Gasteiger partial charge in [-0.05, 0) is 25.0 Å². The second kappa shape index (κ2) is 5.70. The molecule has 0 atom stereocenters. The molecular weight excluding hydrogens is 276 g/mol. The van der Waals surface area contributed by atoms with Crippen molar-refractivity contribution in [2.45, 2.75) is 26.7 Å². The van der Waals surface area contributed by atoms with Crippen LogP contribution in [0.4, 0.5) is 5.69 Å². The molecule has 0 saturated carbocycles. The van der Waals surface area contributed by atoms with Gasteiger partial charge in [-0.15, -0.1) is 5.10 Å². The Morgan fingerprint density at radius 3 is 2.71 bits per heavy atom. The Bertz CT molecular complexity index is 708. The van der Waals surface area contributed by atoms with Crippen molar-refractivity contribution < 1.29 is 14.8 Å². The van der Waals surface area contributed by atoms with Crippen molar-refractivity contribution in [3.05, 3.63) is 45.3 Å². The van der Waals surface area contributed by atoms with Crippen LogP contribution >= 0.6 is 0 Å². The van der Waals surface area contributed by atoms with E-state index in [1.807, 2.05) is 6.92 Å². The fraction of sp³-hybridized carbons (Fsp3) is 0.308. The van der Waals surface area contributed by atoms with Crippen molar-refractivity contribution in [2.24, 2.45) is 0 Å². The monoisotopic (exact) mass is 290 g/mol. The molecule has 2 aromatic rings. The molecular formula is C13H14N4O4. The van der Waals surface area contributed by atoms with E-state index in [0.717, 1.165) is 6.42 Å². The van der Waals surface area contributed by atoms with Crippen molar-refractivity contribution >= 4 is 11.7 Å². The van der Waals surface area contributed by atoms with Crippen LogP contribution in [-0.4, -0.2) is 31.0 Å². The third-order valence-electron chi connectivity index (χ3n) is 3.07. The quantitative estimate of drug-likeness (QED) is 0.667. The molecule has 110 valence electrons. The van der Waals surface area contributed by atoms with Crippen molar-refractivity contribution in [1.29, 1.82) is 0 Å². The van der Waals surface area contributed by atoms with Gasteiger partial charge in [0.15, 0.2) is 5.69 Å². The molecule has 21 heavy (non-hydrogen) atoms. The van der Waals surface area contributed by atoms with E-state index in [1.54, 1.807) is 13.0 Å². The Morgan fingerprint density at radius 2 is 2.19 bits per heavy atom. The summed E-state index contributed by atoms with van der Waals surface area (Å²) < 4.78 is 1.44. The Kier molecular flexibility index (Phi) is 3.97. The molecule has 0 aliphatic rings. The van der Waals surface area contributed by atoms with Crippen LogP contribution in [0.15, 0.2) is 18.2 Å². The fourth-order valence-corrected chi connectivity index (χ4v) is 2.11. The highest BCUT2D eigenvalue weighted by Crippen LogP contribution is 2.22. The first kappa shape index (κ1) is 14.6. The van der Waals surface area contributed by atoms with Gasteiger partial charge in [0.2, 0.25) is 0 Å². The SMILES string of the molecule is CCCc1c(C(=O)O)nnn1-c1ccc([N+](=O)[O-])cc1C. The third-order valence-corrected chi connectivity index (χ3v) is 3.07. The molecule has 0 spiro atoms. The van der Waals surface area contributed by atoms with Crippen LogP contribution in [0, 0.1) is 17.0 Å². The highest BCUT2D eigenvalue weighted by Gasteiger charge is 2.20. The van der Waals surface area contributed by atoms with Crippen molar-refractivity contribution in [1.82, 2.24) is 15.0 Å². The van der Waals surface area contributed by atoms with Gasteiger partial charge in [0.1, 0.15) is 0 Å². The average Bonchev–Trinajstić information content (AvgIpc) is 2.82. The largest absolute Gasteiger partial charge is 0.476 e. The van der Waals surface area contributed by atoms with E-state index in [4.69, 9.17) is 5.11 Å². The van der Waals surface area contributed by atoms with E-state index in [1.165, 1.54) is 16.8 Å². The van der Waals surface area contributed by atoms with Gasteiger partial charge in [0.05, 0.1) is 16.3 Å². The number of rotatable bonds is 5. The Balaban J connectivity index is 2.56. The van der Waals surface area contributed by atoms with Gasteiger partial charge in [-0.2, -0.15) is 0 Å². The molecule has 1 aromatic carbocycles. The second-order valence-electron chi connectivity index (χ2n) is 4.58. The Hall–Kier alpha value is -2.77. The zero-order chi connectivity index (χ0) is 15.6. The molecule has 0 bridgehead atoms. The second-order valence-corrected chi connectivity index (χ2v) is 4.58. The maximum Gasteiger partial charge on any atom is 0.358 e. The minimum Gasteiger partial charge on any atom is -0.476 e. The van der Waals surface area contributed by atoms with Crippen molar-refractivity contribution in [3.63, 3.8) is 0 Å². The molecule has 2 rings (SSSR count). The lowest BCUT2D eigenvalue weighted by molar-refractivity contribution is -0.384. The number of nitro groups is 1. The zero-order valence-corrected chi connectivity index (χ0v) is 11.6. The first-order valence-electron chi connectivity index (χ1n) is 6.39. The van der Waals surface area contributed by atoms with E-state index in [2.05, 4.69) is 10.3 Å². The molecule has 0 aliphatic heterocycles. The Labute approximate surface area is 120 Å². The van der Waals surface area contributed by atoms with Gasteiger partial charge in [0, 0.05) is 12.1 Å². The predicted octanol–water partition coefficient (Wildman–Crippen LogP) is 2.13. The summed E-state index contributed by atoms with van der Waals surface area (Å²) in [5.41, 5.74) is 1.59. The number of aryl methyl sites for hydroxylation is 1. The molecule has 1 heterocycles. The number of carboxylic acids is 1. The average molecular weight is 290 g/mol. The lowest BCUT2D eigenvalue weighted by atomic mass is 10.1. The van der Waals surface area contributed by atoms with Crippen molar-refractivity contribution in [3.8, 4) is 5.69 Å². The number of aromatic carboxylic acids is 1. The lowest BCUT2D eigenvalue weighted by Crippen LogP contribution is -2.08. The van der Waals surface area contributed by atoms with Crippen LogP contribution < -0.4 is 0 Å². The number of non-ortho nitro benzene ring substituents is 1. The maximum absolute atomic E-state index is 11.2. The normalized spacial score (nSPS) is 10.6. The first-order chi connectivity index (χ1) is 9.95. The summed E-state index contributed by atoms with van der Waals surface area (Å²) in [4.78, 5) is 21.4. The van der Waals surface area contributed by atoms with Crippen molar-refractivity contribution in [2.75, 3.05) is 0 Å². The molecule has 8 heteroatoms. The molecule has 0 saturated heterocycles. The maximum atomic E-state index is 11.2. The topological polar surface area (TPSA) is 111 Å². The summed E-state index contributed by atoms with van der Waals surface area (Å²) in [6, 6.07) is 4.33. The van der Waals surface area contributed by atoms with Gasteiger partial charge in [-0.3, -0.25) is 10.1 Å². The summed E-state index contributed by atoms with van der Waals surface area (Å²) in [6.07, 6.45) is 1.24. The smallest absolute Gasteiger partial charge is 0.358 e. The van der Waals surface area contributed by atoms with E-state index < -0.39 is 10.9 Å². The number of nitro benzene ring substituents is 1. The number of hydrogen-bond donors (Lipinski definition) is 1. The van der Waals surface area contributed by atoms with E-state index >= 15 is 0 Å². The van der Waals surface area contributed by atoms with Crippen LogP contribution in [-0.2, 0) is 6.42 Å². The summed E-state index contributed by atoms with van der Waals surface area (Å²) in [6.45, 7) is 3.63. The van der Waals surface area contributed by atoms with Crippen LogP contribution in [0.1, 0.15) is 35.1 Å². The van der Waals surface area contributed by atoms with Gasteiger partial charge in [-0.1, -0.05) is 18.6 Å². The minimum atomic E-state index is -1.13. The van der Waals surface area contributed by atoms with Crippen LogP contribution in [0.3, 0.4) is 0 Å². The first-order valence-corrected chi connectivity index (χ1v) is 6.39. The van der Waals surface area contributed by atoms with Gasteiger partial charge >= 0.3 is 5.97 Å². The number of carbonyl (C=O) groups is 1. The minimum absolute atomic E-state index is 0.0214. The summed E-state index contributed by atoms with van der Waals surface area (Å²) in [5.74, 6) is -1.13. The standard InChI is InChI=1S/C13H14N4O4/c1-3-4-11-12(13(18)19)14-15-16(11)10-6-5-9(17(20)21)7-8(10)2/h5-7H,3-4H2,1-2H3,(H,18,19). The third kappa shape index (κ3) is 2.73. The number of aromatic nitrogens is 3. The summed E-state index contributed by atoms with van der Waals surface area (Å²) >= 11 is 0. The molecule has 1 N–H and O–H groups in total. The lowest BCUT2D eigenvalue weighted by Gasteiger charge is -2.09. The molecule has 8 nitrogen and oxygen atoms in total. The number of benzene rings is 1. The number of hydrogen-bond acceptors (Lipinski definition) is 5. The molecule has 0 aliphatic carbocycles. The van der Waals surface area contributed by atoms with Crippen LogP contribution in [0.25, 0.3) is 5.69 Å². The molecule has 0 unspecified atom stereocenters. The number of carboxylic acid groups (broad SMARTS) is 1. The van der Waals surface area contributed by atoms with E-state index in [9.17, 15) is 14.9 Å². The molecule has 0 fully saturated rings. The summed E-state index contributed by atoms with van der Waals surface area (Å²) in [5, 5.41) is 27.5. The Morgan fingerprint density at radius 1 is 1.48 bits per heavy atom. The van der Waals surface area contributed by atoms with Crippen LogP contribution in [0.5, 0.6) is 0 Å². The summed E-state index contributed by atoms with van der Waals surface area (Å²) in [7, 11) is 0. The number of nitrogens with zero attached hydrogens (tertiary/aromatic N) is 4. The highest BCUT2D eigenvalue weighted by molar-refractivity contribution is 5.86.